The van der Waals surface area contributed by atoms with Crippen LogP contribution in [0.15, 0.2) is 0 Å². The van der Waals surface area contributed by atoms with Crippen molar-refractivity contribution in [1.82, 2.24) is 0 Å². The lowest BCUT2D eigenvalue weighted by atomic mass is 10.2. The van der Waals surface area contributed by atoms with E-state index in [1.165, 1.54) is 0 Å². The van der Waals surface area contributed by atoms with Crippen LogP contribution in [0.5, 0.6) is 0 Å². The quantitative estimate of drug-likeness (QED) is 0.447. The molecule has 0 aromatic heterocycles. The first kappa shape index (κ1) is 15.8. The second-order valence-electron chi connectivity index (χ2n) is 3.34. The van der Waals surface area contributed by atoms with E-state index in [0.29, 0.717) is 33.0 Å². The molecule has 16 heavy (non-hydrogen) atoms. The molecule has 0 aromatic carbocycles. The summed E-state index contributed by atoms with van der Waals surface area (Å²) >= 11 is 0. The Morgan fingerprint density at radius 2 is 1.06 bits per heavy atom. The highest BCUT2D eigenvalue weighted by molar-refractivity contribution is 4.39. The summed E-state index contributed by atoms with van der Waals surface area (Å²) in [5.41, 5.74) is 0. The monoisotopic (exact) mass is 236 g/mol. The third-order valence-electron chi connectivity index (χ3n) is 1.93. The van der Waals surface area contributed by atoms with E-state index in [9.17, 15) is 0 Å². The van der Waals surface area contributed by atoms with Crippen LogP contribution in [-0.4, -0.2) is 63.1 Å². The van der Waals surface area contributed by atoms with Gasteiger partial charge in [0.25, 0.3) is 0 Å². The second kappa shape index (κ2) is 14.8. The average Bonchev–Trinajstić information content (AvgIpc) is 2.31. The molecule has 0 spiro atoms. The van der Waals surface area contributed by atoms with Crippen molar-refractivity contribution in [1.29, 1.82) is 0 Å². The summed E-state index contributed by atoms with van der Waals surface area (Å²) in [6.07, 6.45) is 2.84. The zero-order chi connectivity index (χ0) is 11.9. The van der Waals surface area contributed by atoms with E-state index in [0.717, 1.165) is 25.9 Å². The van der Waals surface area contributed by atoms with E-state index in [-0.39, 0.29) is 13.2 Å². The molecule has 0 aromatic rings. The van der Waals surface area contributed by atoms with Crippen LogP contribution < -0.4 is 0 Å². The lowest BCUT2D eigenvalue weighted by molar-refractivity contribution is 0.00712. The minimum absolute atomic E-state index is 0.0525. The molecule has 0 bridgehead atoms. The molecule has 2 N–H and O–H groups in total. The predicted octanol–water partition coefficient (Wildman–Crippen LogP) is 0.191. The highest BCUT2D eigenvalue weighted by Gasteiger charge is 1.91. The van der Waals surface area contributed by atoms with Crippen LogP contribution in [-0.2, 0) is 14.2 Å². The van der Waals surface area contributed by atoms with Crippen molar-refractivity contribution in [2.75, 3.05) is 52.9 Å². The van der Waals surface area contributed by atoms with E-state index in [4.69, 9.17) is 24.4 Å². The van der Waals surface area contributed by atoms with Crippen molar-refractivity contribution in [3.63, 3.8) is 0 Å². The Kier molecular flexibility index (Phi) is 14.6. The Morgan fingerprint density at radius 1 is 0.500 bits per heavy atom. The largest absolute Gasteiger partial charge is 0.396 e. The molecule has 0 fully saturated rings. The topological polar surface area (TPSA) is 68.2 Å². The van der Waals surface area contributed by atoms with Crippen LogP contribution in [0.2, 0.25) is 0 Å². The zero-order valence-corrected chi connectivity index (χ0v) is 9.90. The lowest BCUT2D eigenvalue weighted by Gasteiger charge is -2.06. The first-order chi connectivity index (χ1) is 7.91. The summed E-state index contributed by atoms with van der Waals surface area (Å²) in [5.74, 6) is 0. The van der Waals surface area contributed by atoms with Gasteiger partial charge in [-0.1, -0.05) is 0 Å². The second-order valence-corrected chi connectivity index (χ2v) is 3.34. The molecule has 0 heterocycles. The fourth-order valence-electron chi connectivity index (χ4n) is 1.10. The molecule has 5 heteroatoms. The zero-order valence-electron chi connectivity index (χ0n) is 9.90. The van der Waals surface area contributed by atoms with Crippen LogP contribution in [0.25, 0.3) is 0 Å². The Balaban J connectivity index is 2.83. The normalized spacial score (nSPS) is 10.9. The van der Waals surface area contributed by atoms with E-state index in [1.54, 1.807) is 0 Å². The third-order valence-corrected chi connectivity index (χ3v) is 1.93. The van der Waals surface area contributed by atoms with Gasteiger partial charge < -0.3 is 24.4 Å². The minimum Gasteiger partial charge on any atom is -0.396 e. The third kappa shape index (κ3) is 13.8. The van der Waals surface area contributed by atoms with Crippen LogP contribution >= 0.6 is 0 Å². The molecule has 0 radical (unpaired) electrons. The van der Waals surface area contributed by atoms with Crippen molar-refractivity contribution < 1.29 is 24.4 Å². The Labute approximate surface area is 97.3 Å². The Hall–Kier alpha value is -0.200. The summed E-state index contributed by atoms with van der Waals surface area (Å²) in [6.45, 7) is 3.62. The van der Waals surface area contributed by atoms with Gasteiger partial charge in [0.15, 0.2) is 0 Å². The fraction of sp³-hybridized carbons (Fsp3) is 1.00. The number of rotatable bonds is 13. The summed E-state index contributed by atoms with van der Waals surface area (Å²) < 4.78 is 15.6. The maximum Gasteiger partial charge on any atom is 0.0701 e. The van der Waals surface area contributed by atoms with Crippen molar-refractivity contribution in [3.8, 4) is 0 Å². The maximum atomic E-state index is 8.54. The smallest absolute Gasteiger partial charge is 0.0701 e. The number of hydrogen-bond acceptors (Lipinski definition) is 5. The van der Waals surface area contributed by atoms with Crippen molar-refractivity contribution in [2.45, 2.75) is 19.3 Å². The maximum absolute atomic E-state index is 8.54. The SMILES string of the molecule is OCCCCCOCCOCCOCCO. The van der Waals surface area contributed by atoms with Crippen LogP contribution in [0, 0.1) is 0 Å². The van der Waals surface area contributed by atoms with Crippen LogP contribution in [0.1, 0.15) is 19.3 Å². The highest BCUT2D eigenvalue weighted by Crippen LogP contribution is 1.94. The van der Waals surface area contributed by atoms with Crippen LogP contribution in [0.3, 0.4) is 0 Å². The number of aliphatic hydroxyl groups is 2. The number of ether oxygens (including phenoxy) is 3. The molecular weight excluding hydrogens is 212 g/mol. The minimum atomic E-state index is 0.0525. The predicted molar refractivity (Wildman–Crippen MR) is 60.5 cm³/mol. The average molecular weight is 236 g/mol. The van der Waals surface area contributed by atoms with Gasteiger partial charge in [0.1, 0.15) is 0 Å². The van der Waals surface area contributed by atoms with Gasteiger partial charge in [0.05, 0.1) is 39.6 Å². The highest BCUT2D eigenvalue weighted by atomic mass is 16.5. The molecule has 0 unspecified atom stereocenters. The molecule has 0 saturated heterocycles. The van der Waals surface area contributed by atoms with Gasteiger partial charge in [-0.25, -0.2) is 0 Å². The first-order valence-electron chi connectivity index (χ1n) is 5.86. The number of hydrogen-bond donors (Lipinski definition) is 2. The van der Waals surface area contributed by atoms with E-state index in [2.05, 4.69) is 0 Å². The summed E-state index contributed by atoms with van der Waals surface area (Å²) in [4.78, 5) is 0. The van der Waals surface area contributed by atoms with Crippen LogP contribution in [0.4, 0.5) is 0 Å². The lowest BCUT2D eigenvalue weighted by Crippen LogP contribution is -2.11. The first-order valence-corrected chi connectivity index (χ1v) is 5.86. The molecular formula is C11H24O5. The molecule has 0 aliphatic heterocycles. The molecule has 5 nitrogen and oxygen atoms in total. The van der Waals surface area contributed by atoms with Gasteiger partial charge in [-0.15, -0.1) is 0 Å². The van der Waals surface area contributed by atoms with E-state index >= 15 is 0 Å². The van der Waals surface area contributed by atoms with Gasteiger partial charge in [-0.05, 0) is 19.3 Å². The number of aliphatic hydroxyl groups excluding tert-OH is 2. The molecule has 0 rings (SSSR count). The molecule has 0 aliphatic carbocycles. The van der Waals surface area contributed by atoms with E-state index < -0.39 is 0 Å². The van der Waals surface area contributed by atoms with Gasteiger partial charge >= 0.3 is 0 Å². The molecule has 0 saturated carbocycles. The standard InChI is InChI=1S/C11H24O5/c12-4-2-1-3-6-14-8-10-16-11-9-15-7-5-13/h12-13H,1-11H2. The van der Waals surface area contributed by atoms with Gasteiger partial charge in [0.2, 0.25) is 0 Å². The molecule has 0 amide bonds. The fourth-order valence-corrected chi connectivity index (χ4v) is 1.10. The van der Waals surface area contributed by atoms with Crippen molar-refractivity contribution in [3.05, 3.63) is 0 Å². The van der Waals surface area contributed by atoms with E-state index in [1.807, 2.05) is 0 Å². The van der Waals surface area contributed by atoms with Crippen molar-refractivity contribution >= 4 is 0 Å². The molecule has 0 atom stereocenters. The van der Waals surface area contributed by atoms with Gasteiger partial charge in [0, 0.05) is 13.2 Å². The molecule has 98 valence electrons. The number of unbranched alkanes of at least 4 members (excludes halogenated alkanes) is 2. The Morgan fingerprint density at radius 3 is 1.62 bits per heavy atom. The molecule has 0 aliphatic rings. The van der Waals surface area contributed by atoms with Gasteiger partial charge in [-0.2, -0.15) is 0 Å². The summed E-state index contributed by atoms with van der Waals surface area (Å²) in [5, 5.41) is 17.0. The van der Waals surface area contributed by atoms with Crippen molar-refractivity contribution in [2.24, 2.45) is 0 Å². The summed E-state index contributed by atoms with van der Waals surface area (Å²) in [7, 11) is 0. The Bertz CT molecular complexity index is 107. The van der Waals surface area contributed by atoms with Gasteiger partial charge in [-0.3, -0.25) is 0 Å². The summed E-state index contributed by atoms with van der Waals surface area (Å²) in [6, 6.07) is 0.